The molecule has 5 nitrogen and oxygen atoms in total. The topological polar surface area (TPSA) is 57.7 Å². The quantitative estimate of drug-likeness (QED) is 0.772. The van der Waals surface area contributed by atoms with E-state index in [4.69, 9.17) is 0 Å². The molecular formula is C19H28N2O3S. The molecule has 0 aliphatic carbocycles. The van der Waals surface area contributed by atoms with Crippen LogP contribution in [-0.4, -0.2) is 49.0 Å². The van der Waals surface area contributed by atoms with Gasteiger partial charge in [0.25, 0.3) is 10.2 Å². The number of rotatable bonds is 4. The molecule has 138 valence electrons. The minimum Gasteiger partial charge on any atom is -0.294 e. The second kappa shape index (κ2) is 7.56. The van der Waals surface area contributed by atoms with Gasteiger partial charge in [0.05, 0.1) is 0 Å². The van der Waals surface area contributed by atoms with Crippen molar-refractivity contribution in [1.29, 1.82) is 0 Å². The predicted molar refractivity (Wildman–Crippen MR) is 98.7 cm³/mol. The lowest BCUT2D eigenvalue weighted by molar-refractivity contribution is 0.0872. The largest absolute Gasteiger partial charge is 0.294 e. The molecule has 0 radical (unpaired) electrons. The Morgan fingerprint density at radius 3 is 2.24 bits per heavy atom. The second-order valence-electron chi connectivity index (χ2n) is 7.52. The van der Waals surface area contributed by atoms with E-state index in [1.54, 1.807) is 8.61 Å². The number of piperidine rings is 2. The normalized spacial score (nSPS) is 24.3. The SMILES string of the molecule is Cc1ccc(C(=O)C2CCN(S(=O)(=O)N3CCC[C@@H](C)C3)CC2)cc1. The van der Waals surface area contributed by atoms with Gasteiger partial charge in [-0.05, 0) is 38.5 Å². The molecule has 1 aromatic rings. The molecule has 2 aliphatic rings. The fraction of sp³-hybridized carbons (Fsp3) is 0.632. The lowest BCUT2D eigenvalue weighted by atomic mass is 9.89. The summed E-state index contributed by atoms with van der Waals surface area (Å²) in [6, 6.07) is 7.64. The van der Waals surface area contributed by atoms with Gasteiger partial charge in [0.15, 0.2) is 5.78 Å². The first kappa shape index (κ1) is 18.5. The third-order valence-electron chi connectivity index (χ3n) is 5.43. The van der Waals surface area contributed by atoms with Crippen molar-refractivity contribution in [2.75, 3.05) is 26.2 Å². The molecule has 3 rings (SSSR count). The van der Waals surface area contributed by atoms with Crippen LogP contribution in [0.5, 0.6) is 0 Å². The van der Waals surface area contributed by atoms with Crippen LogP contribution < -0.4 is 0 Å². The van der Waals surface area contributed by atoms with E-state index in [9.17, 15) is 13.2 Å². The molecule has 0 unspecified atom stereocenters. The zero-order valence-corrected chi connectivity index (χ0v) is 16.0. The molecule has 0 amide bonds. The van der Waals surface area contributed by atoms with E-state index < -0.39 is 10.2 Å². The summed E-state index contributed by atoms with van der Waals surface area (Å²) >= 11 is 0. The highest BCUT2D eigenvalue weighted by Crippen LogP contribution is 2.27. The molecule has 1 atom stereocenters. The van der Waals surface area contributed by atoms with Crippen LogP contribution >= 0.6 is 0 Å². The van der Waals surface area contributed by atoms with Gasteiger partial charge < -0.3 is 0 Å². The molecule has 0 saturated carbocycles. The Labute approximate surface area is 151 Å². The Balaban J connectivity index is 1.61. The Hall–Kier alpha value is -1.24. The third kappa shape index (κ3) is 4.13. The van der Waals surface area contributed by atoms with Crippen LogP contribution in [0.4, 0.5) is 0 Å². The summed E-state index contributed by atoms with van der Waals surface area (Å²) in [4.78, 5) is 12.6. The molecule has 0 spiro atoms. The molecule has 0 N–H and O–H groups in total. The number of Topliss-reactive ketones (excluding diaryl/α,β-unsaturated/α-hetero) is 1. The molecule has 2 aliphatic heterocycles. The monoisotopic (exact) mass is 364 g/mol. The standard InChI is InChI=1S/C19H28N2O3S/c1-15-5-7-17(8-6-15)19(22)18-9-12-20(13-10-18)25(23,24)21-11-3-4-16(2)14-21/h5-8,16,18H,3-4,9-14H2,1-2H3/t16-/m1/s1. The smallest absolute Gasteiger partial charge is 0.281 e. The van der Waals surface area contributed by atoms with Crippen LogP contribution in [0, 0.1) is 18.8 Å². The maximum absolute atomic E-state index is 12.8. The van der Waals surface area contributed by atoms with E-state index in [1.807, 2.05) is 31.2 Å². The maximum Gasteiger partial charge on any atom is 0.281 e. The van der Waals surface area contributed by atoms with Crippen LogP contribution in [0.15, 0.2) is 24.3 Å². The molecular weight excluding hydrogens is 336 g/mol. The fourth-order valence-corrected chi connectivity index (χ4v) is 5.62. The number of nitrogens with zero attached hydrogens (tertiary/aromatic N) is 2. The van der Waals surface area contributed by atoms with Crippen molar-refractivity contribution in [1.82, 2.24) is 8.61 Å². The van der Waals surface area contributed by atoms with E-state index in [0.717, 1.165) is 24.0 Å². The van der Waals surface area contributed by atoms with Gasteiger partial charge in [0, 0.05) is 37.7 Å². The van der Waals surface area contributed by atoms with Crippen molar-refractivity contribution < 1.29 is 13.2 Å². The van der Waals surface area contributed by atoms with Gasteiger partial charge in [-0.1, -0.05) is 36.8 Å². The van der Waals surface area contributed by atoms with Gasteiger partial charge in [-0.15, -0.1) is 0 Å². The summed E-state index contributed by atoms with van der Waals surface area (Å²) < 4.78 is 28.9. The van der Waals surface area contributed by atoms with Gasteiger partial charge >= 0.3 is 0 Å². The highest BCUT2D eigenvalue weighted by atomic mass is 32.2. The molecule has 0 aromatic heterocycles. The van der Waals surface area contributed by atoms with Crippen LogP contribution in [-0.2, 0) is 10.2 Å². The Morgan fingerprint density at radius 1 is 1.00 bits per heavy atom. The van der Waals surface area contributed by atoms with Crippen molar-refractivity contribution in [2.24, 2.45) is 11.8 Å². The number of aryl methyl sites for hydroxylation is 1. The Kier molecular flexibility index (Phi) is 5.61. The number of carbonyl (C=O) groups is 1. The van der Waals surface area contributed by atoms with Crippen molar-refractivity contribution in [3.05, 3.63) is 35.4 Å². The first-order valence-electron chi connectivity index (χ1n) is 9.24. The Morgan fingerprint density at radius 2 is 1.64 bits per heavy atom. The first-order chi connectivity index (χ1) is 11.9. The average Bonchev–Trinajstić information content (AvgIpc) is 2.62. The maximum atomic E-state index is 12.8. The zero-order chi connectivity index (χ0) is 18.0. The molecule has 1 aromatic carbocycles. The minimum atomic E-state index is -3.38. The molecule has 2 saturated heterocycles. The van der Waals surface area contributed by atoms with E-state index in [1.165, 1.54) is 0 Å². The van der Waals surface area contributed by atoms with Crippen molar-refractivity contribution in [3.63, 3.8) is 0 Å². The molecule has 2 heterocycles. The van der Waals surface area contributed by atoms with Crippen molar-refractivity contribution in [3.8, 4) is 0 Å². The van der Waals surface area contributed by atoms with E-state index in [-0.39, 0.29) is 11.7 Å². The Bertz CT molecular complexity index is 707. The van der Waals surface area contributed by atoms with Crippen LogP contribution in [0.3, 0.4) is 0 Å². The highest BCUT2D eigenvalue weighted by molar-refractivity contribution is 7.86. The van der Waals surface area contributed by atoms with E-state index in [2.05, 4.69) is 6.92 Å². The summed E-state index contributed by atoms with van der Waals surface area (Å²) in [6.07, 6.45) is 3.24. The number of hydrogen-bond acceptors (Lipinski definition) is 3. The second-order valence-corrected chi connectivity index (χ2v) is 9.45. The van der Waals surface area contributed by atoms with Crippen molar-refractivity contribution >= 4 is 16.0 Å². The van der Waals surface area contributed by atoms with Crippen molar-refractivity contribution in [2.45, 2.75) is 39.5 Å². The van der Waals surface area contributed by atoms with E-state index in [0.29, 0.717) is 44.9 Å². The highest BCUT2D eigenvalue weighted by Gasteiger charge is 2.36. The summed E-state index contributed by atoms with van der Waals surface area (Å²) in [5.74, 6) is 0.488. The summed E-state index contributed by atoms with van der Waals surface area (Å²) in [5, 5.41) is 0. The molecule has 25 heavy (non-hydrogen) atoms. The number of benzene rings is 1. The lowest BCUT2D eigenvalue weighted by Crippen LogP contribution is -2.50. The van der Waals surface area contributed by atoms with Crippen LogP contribution in [0.25, 0.3) is 0 Å². The molecule has 2 fully saturated rings. The van der Waals surface area contributed by atoms with Crippen LogP contribution in [0.1, 0.15) is 48.5 Å². The number of carbonyl (C=O) groups excluding carboxylic acids is 1. The average molecular weight is 365 g/mol. The van der Waals surface area contributed by atoms with E-state index >= 15 is 0 Å². The molecule has 6 heteroatoms. The van der Waals surface area contributed by atoms with Gasteiger partial charge in [0.2, 0.25) is 0 Å². The fourth-order valence-electron chi connectivity index (χ4n) is 3.82. The summed E-state index contributed by atoms with van der Waals surface area (Å²) in [6.45, 7) is 6.22. The number of ketones is 1. The summed E-state index contributed by atoms with van der Waals surface area (Å²) in [7, 11) is -3.38. The molecule has 0 bridgehead atoms. The number of hydrogen-bond donors (Lipinski definition) is 0. The zero-order valence-electron chi connectivity index (χ0n) is 15.1. The summed E-state index contributed by atoms with van der Waals surface area (Å²) in [5.41, 5.74) is 1.87. The lowest BCUT2D eigenvalue weighted by Gasteiger charge is -2.37. The van der Waals surface area contributed by atoms with Gasteiger partial charge in [-0.3, -0.25) is 4.79 Å². The minimum absolute atomic E-state index is 0.0746. The third-order valence-corrected chi connectivity index (χ3v) is 7.44. The van der Waals surface area contributed by atoms with Crippen LogP contribution in [0.2, 0.25) is 0 Å². The predicted octanol–water partition coefficient (Wildman–Crippen LogP) is 2.87. The van der Waals surface area contributed by atoms with Gasteiger partial charge in [-0.2, -0.15) is 17.0 Å². The first-order valence-corrected chi connectivity index (χ1v) is 10.6. The van der Waals surface area contributed by atoms with Gasteiger partial charge in [0.1, 0.15) is 0 Å². The van der Waals surface area contributed by atoms with Gasteiger partial charge in [-0.25, -0.2) is 0 Å².